The predicted octanol–water partition coefficient (Wildman–Crippen LogP) is 4.79. The Labute approximate surface area is 224 Å². The molecule has 0 spiro atoms. The van der Waals surface area contributed by atoms with Crippen molar-refractivity contribution in [1.82, 2.24) is 10.3 Å². The number of thiazole rings is 1. The van der Waals surface area contributed by atoms with Gasteiger partial charge in [0.2, 0.25) is 5.91 Å². The van der Waals surface area contributed by atoms with E-state index in [0.29, 0.717) is 13.1 Å². The molecule has 9 heteroatoms. The molecule has 0 bridgehead atoms. The lowest BCUT2D eigenvalue weighted by atomic mass is 9.77. The van der Waals surface area contributed by atoms with Gasteiger partial charge in [0.15, 0.2) is 9.84 Å². The number of sulfone groups is 1. The van der Waals surface area contributed by atoms with Gasteiger partial charge in [0.1, 0.15) is 5.54 Å². The summed E-state index contributed by atoms with van der Waals surface area (Å²) >= 11 is 1.71. The minimum absolute atomic E-state index is 0.00469. The molecule has 198 valence electrons. The third-order valence-electron chi connectivity index (χ3n) is 7.91. The largest absolute Gasteiger partial charge is 0.369 e. The first kappa shape index (κ1) is 26.2. The van der Waals surface area contributed by atoms with Crippen molar-refractivity contribution in [1.29, 1.82) is 5.26 Å². The number of hydrogen-bond acceptors (Lipinski definition) is 7. The molecule has 1 aliphatic heterocycles. The number of benzene rings is 1. The van der Waals surface area contributed by atoms with Gasteiger partial charge in [0, 0.05) is 46.5 Å². The van der Waals surface area contributed by atoms with E-state index in [4.69, 9.17) is 4.98 Å². The van der Waals surface area contributed by atoms with Crippen LogP contribution < -0.4 is 10.2 Å². The third kappa shape index (κ3) is 5.42. The summed E-state index contributed by atoms with van der Waals surface area (Å²) < 4.78 is 24.2. The van der Waals surface area contributed by atoms with E-state index >= 15 is 0 Å². The van der Waals surface area contributed by atoms with Crippen molar-refractivity contribution < 1.29 is 13.2 Å². The highest BCUT2D eigenvalue weighted by Gasteiger charge is 2.47. The fraction of sp³-hybridized carbons (Fsp3) is 0.607. The zero-order chi connectivity index (χ0) is 26.4. The van der Waals surface area contributed by atoms with Crippen molar-refractivity contribution in [3.05, 3.63) is 34.2 Å². The Morgan fingerprint density at radius 2 is 1.84 bits per heavy atom. The van der Waals surface area contributed by atoms with Gasteiger partial charge in [-0.05, 0) is 31.7 Å². The molecule has 2 heterocycles. The van der Waals surface area contributed by atoms with Crippen LogP contribution in [0, 0.1) is 17.2 Å². The number of anilines is 1. The van der Waals surface area contributed by atoms with Gasteiger partial charge in [0.25, 0.3) is 0 Å². The monoisotopic (exact) mass is 540 g/mol. The van der Waals surface area contributed by atoms with E-state index in [2.05, 4.69) is 49.2 Å². The molecular formula is C28H36N4O3S2. The van der Waals surface area contributed by atoms with Crippen LogP contribution >= 0.6 is 11.3 Å². The molecule has 0 unspecified atom stereocenters. The van der Waals surface area contributed by atoms with E-state index < -0.39 is 15.4 Å². The molecule has 0 radical (unpaired) electrons. The minimum Gasteiger partial charge on any atom is -0.369 e. The summed E-state index contributed by atoms with van der Waals surface area (Å²) in [5.41, 5.74) is 2.11. The van der Waals surface area contributed by atoms with Crippen LogP contribution in [-0.2, 0) is 20.0 Å². The van der Waals surface area contributed by atoms with Crippen molar-refractivity contribution in [2.45, 2.75) is 76.2 Å². The second-order valence-electron chi connectivity index (χ2n) is 11.8. The van der Waals surface area contributed by atoms with Crippen LogP contribution in [-0.4, -0.2) is 49.4 Å². The molecule has 2 aliphatic carbocycles. The fourth-order valence-electron chi connectivity index (χ4n) is 5.48. The topological polar surface area (TPSA) is 103 Å². The number of carbonyl (C=O) groups is 1. The number of hydrogen-bond donors (Lipinski definition) is 1. The fourth-order valence-corrected chi connectivity index (χ4v) is 8.02. The summed E-state index contributed by atoms with van der Waals surface area (Å²) in [5.74, 6) is 0.170. The van der Waals surface area contributed by atoms with E-state index in [1.807, 2.05) is 12.1 Å². The quantitative estimate of drug-likeness (QED) is 0.585. The molecule has 1 aromatic heterocycles. The van der Waals surface area contributed by atoms with Gasteiger partial charge in [-0.15, -0.1) is 11.3 Å². The maximum absolute atomic E-state index is 13.5. The SMILES string of the molecule is CC(C)(C)c1nc(-c2ccccc2N2CCS(=O)(=O)CC2)c([C@@H]2CCCC[C@H]2C(=O)NC2(C#N)CC2)s1. The van der Waals surface area contributed by atoms with Crippen LogP contribution in [0.15, 0.2) is 24.3 Å². The van der Waals surface area contributed by atoms with E-state index in [0.717, 1.165) is 65.4 Å². The van der Waals surface area contributed by atoms with Gasteiger partial charge in [-0.1, -0.05) is 51.8 Å². The number of para-hydroxylation sites is 1. The van der Waals surface area contributed by atoms with Crippen LogP contribution in [0.3, 0.4) is 0 Å². The molecule has 3 aliphatic rings. The van der Waals surface area contributed by atoms with Crippen LogP contribution in [0.1, 0.15) is 75.1 Å². The smallest absolute Gasteiger partial charge is 0.224 e. The van der Waals surface area contributed by atoms with Crippen LogP contribution in [0.25, 0.3) is 11.3 Å². The molecule has 37 heavy (non-hydrogen) atoms. The highest BCUT2D eigenvalue weighted by Crippen LogP contribution is 2.48. The predicted molar refractivity (Wildman–Crippen MR) is 148 cm³/mol. The van der Waals surface area contributed by atoms with Gasteiger partial charge >= 0.3 is 0 Å². The van der Waals surface area contributed by atoms with Gasteiger partial charge in [-0.3, -0.25) is 4.79 Å². The molecule has 2 atom stereocenters. The van der Waals surface area contributed by atoms with Crippen molar-refractivity contribution in [2.24, 2.45) is 5.92 Å². The molecule has 1 saturated heterocycles. The van der Waals surface area contributed by atoms with Gasteiger partial charge in [-0.25, -0.2) is 13.4 Å². The molecule has 1 amide bonds. The van der Waals surface area contributed by atoms with Crippen molar-refractivity contribution >= 4 is 32.8 Å². The molecule has 7 nitrogen and oxygen atoms in total. The average Bonchev–Trinajstić information content (AvgIpc) is 3.49. The van der Waals surface area contributed by atoms with Crippen molar-refractivity contribution in [3.63, 3.8) is 0 Å². The highest BCUT2D eigenvalue weighted by molar-refractivity contribution is 7.91. The number of nitriles is 1. The standard InChI is InChI=1S/C28H36N4O3S2/c1-27(2,3)26-30-23(21-10-6-7-11-22(21)32-14-16-37(34,35)17-15-32)24(36-26)19-8-4-5-9-20(19)25(33)31-28(18-29)12-13-28/h6-7,10-11,19-20H,4-5,8-9,12-17H2,1-3H3,(H,31,33)/t19-,20-/m1/s1. The summed E-state index contributed by atoms with van der Waals surface area (Å²) in [7, 11) is -2.99. The second-order valence-corrected chi connectivity index (χ2v) is 15.2. The maximum Gasteiger partial charge on any atom is 0.224 e. The van der Waals surface area contributed by atoms with Gasteiger partial charge in [-0.2, -0.15) is 5.26 Å². The number of amides is 1. The summed E-state index contributed by atoms with van der Waals surface area (Å²) in [6.07, 6.45) is 5.25. The van der Waals surface area contributed by atoms with E-state index in [1.165, 1.54) is 0 Å². The number of carbonyl (C=O) groups excluding carboxylic acids is 1. The molecular weight excluding hydrogens is 504 g/mol. The molecule has 2 saturated carbocycles. The van der Waals surface area contributed by atoms with Gasteiger partial charge < -0.3 is 10.2 Å². The first-order valence-corrected chi connectivity index (χ1v) is 15.9. The summed E-state index contributed by atoms with van der Waals surface area (Å²) in [6.45, 7) is 7.42. The Morgan fingerprint density at radius 1 is 1.16 bits per heavy atom. The summed E-state index contributed by atoms with van der Waals surface area (Å²) in [5, 5.41) is 13.7. The van der Waals surface area contributed by atoms with Crippen molar-refractivity contribution in [3.8, 4) is 17.3 Å². The van der Waals surface area contributed by atoms with Gasteiger partial charge in [0.05, 0.1) is 28.3 Å². The Bertz CT molecular complexity index is 1320. The lowest BCUT2D eigenvalue weighted by Gasteiger charge is -2.32. The second kappa shape index (κ2) is 9.70. The number of nitrogens with one attached hydrogen (secondary N) is 1. The molecule has 3 fully saturated rings. The van der Waals surface area contributed by atoms with E-state index in [9.17, 15) is 18.5 Å². The minimum atomic E-state index is -2.99. The average molecular weight is 541 g/mol. The summed E-state index contributed by atoms with van der Waals surface area (Å²) in [6, 6.07) is 10.4. The van der Waals surface area contributed by atoms with Crippen LogP contribution in [0.2, 0.25) is 0 Å². The maximum atomic E-state index is 13.5. The third-order valence-corrected chi connectivity index (χ3v) is 11.1. The highest BCUT2D eigenvalue weighted by atomic mass is 32.2. The lowest BCUT2D eigenvalue weighted by molar-refractivity contribution is -0.127. The Kier molecular flexibility index (Phi) is 6.86. The number of nitrogens with zero attached hydrogens (tertiary/aromatic N) is 3. The Hall–Kier alpha value is -2.44. The Balaban J connectivity index is 1.55. The summed E-state index contributed by atoms with van der Waals surface area (Å²) in [4.78, 5) is 22.0. The van der Waals surface area contributed by atoms with Crippen molar-refractivity contribution in [2.75, 3.05) is 29.5 Å². The molecule has 5 rings (SSSR count). The molecule has 1 N–H and O–H groups in total. The zero-order valence-corrected chi connectivity index (χ0v) is 23.6. The first-order chi connectivity index (χ1) is 17.5. The normalized spacial score (nSPS) is 24.8. The first-order valence-electron chi connectivity index (χ1n) is 13.3. The van der Waals surface area contributed by atoms with E-state index in [1.54, 1.807) is 11.3 Å². The van der Waals surface area contributed by atoms with Crippen LogP contribution in [0.5, 0.6) is 0 Å². The molecule has 2 aromatic rings. The van der Waals surface area contributed by atoms with Crippen LogP contribution in [0.4, 0.5) is 5.69 Å². The zero-order valence-electron chi connectivity index (χ0n) is 21.9. The number of aromatic nitrogens is 1. The van der Waals surface area contributed by atoms with E-state index in [-0.39, 0.29) is 34.7 Å². The Morgan fingerprint density at radius 3 is 2.49 bits per heavy atom. The number of rotatable bonds is 5. The lowest BCUT2D eigenvalue weighted by Crippen LogP contribution is -2.42. The molecule has 1 aromatic carbocycles.